The number of halogens is 1. The summed E-state index contributed by atoms with van der Waals surface area (Å²) in [4.78, 5) is 2.41. The molecule has 2 atom stereocenters. The largest absolute Gasteiger partial charge is 0.316 e. The van der Waals surface area contributed by atoms with Crippen LogP contribution in [0, 0.1) is 11.8 Å². The first-order valence-electron chi connectivity index (χ1n) is 7.79. The lowest BCUT2D eigenvalue weighted by Gasteiger charge is -2.29. The highest BCUT2D eigenvalue weighted by molar-refractivity contribution is 6.30. The van der Waals surface area contributed by atoms with E-state index in [1.807, 2.05) is 12.1 Å². The molecule has 20 heavy (non-hydrogen) atoms. The first-order valence-corrected chi connectivity index (χ1v) is 8.16. The monoisotopic (exact) mass is 294 g/mol. The van der Waals surface area contributed by atoms with Crippen LogP contribution in [0.25, 0.3) is 0 Å². The van der Waals surface area contributed by atoms with Crippen LogP contribution < -0.4 is 5.32 Å². The number of benzene rings is 1. The third-order valence-corrected chi connectivity index (χ3v) is 4.72. The summed E-state index contributed by atoms with van der Waals surface area (Å²) >= 11 is 5.92. The molecular weight excluding hydrogens is 268 g/mol. The topological polar surface area (TPSA) is 15.3 Å². The molecule has 0 saturated carbocycles. The maximum Gasteiger partial charge on any atom is 0.0406 e. The van der Waals surface area contributed by atoms with Gasteiger partial charge in [0.05, 0.1) is 0 Å². The number of rotatable bonds is 6. The van der Waals surface area contributed by atoms with Crippen LogP contribution in [-0.2, 0) is 6.54 Å². The molecule has 0 aliphatic carbocycles. The summed E-state index contributed by atoms with van der Waals surface area (Å²) in [7, 11) is 2.21. The molecule has 3 heteroatoms. The van der Waals surface area contributed by atoms with Crippen molar-refractivity contribution in [3.8, 4) is 0 Å². The maximum atomic E-state index is 5.92. The second-order valence-corrected chi connectivity index (χ2v) is 6.67. The van der Waals surface area contributed by atoms with Crippen LogP contribution in [0.4, 0.5) is 0 Å². The number of hydrogen-bond donors (Lipinski definition) is 1. The maximum absolute atomic E-state index is 5.92. The van der Waals surface area contributed by atoms with Crippen molar-refractivity contribution in [2.24, 2.45) is 11.8 Å². The molecule has 0 amide bonds. The van der Waals surface area contributed by atoms with Crippen molar-refractivity contribution < 1.29 is 0 Å². The minimum absolute atomic E-state index is 0.815. The minimum Gasteiger partial charge on any atom is -0.316 e. The quantitative estimate of drug-likeness (QED) is 0.858. The van der Waals surface area contributed by atoms with Gasteiger partial charge in [0.25, 0.3) is 0 Å². The third-order valence-electron chi connectivity index (χ3n) is 4.47. The summed E-state index contributed by atoms with van der Waals surface area (Å²) in [5.74, 6) is 1.68. The smallest absolute Gasteiger partial charge is 0.0406 e. The molecular formula is C17H27ClN2. The van der Waals surface area contributed by atoms with Gasteiger partial charge in [-0.1, -0.05) is 30.7 Å². The average Bonchev–Trinajstić information content (AvgIpc) is 2.48. The zero-order chi connectivity index (χ0) is 14.4. The Labute approximate surface area is 128 Å². The second-order valence-electron chi connectivity index (χ2n) is 6.24. The van der Waals surface area contributed by atoms with Gasteiger partial charge in [-0.2, -0.15) is 0 Å². The van der Waals surface area contributed by atoms with Crippen molar-refractivity contribution in [3.05, 3.63) is 34.9 Å². The van der Waals surface area contributed by atoms with Crippen molar-refractivity contribution in [3.63, 3.8) is 0 Å². The van der Waals surface area contributed by atoms with Gasteiger partial charge < -0.3 is 10.2 Å². The fourth-order valence-corrected chi connectivity index (χ4v) is 3.13. The van der Waals surface area contributed by atoms with Crippen LogP contribution in [0.3, 0.4) is 0 Å². The molecule has 1 aromatic carbocycles. The molecule has 0 spiro atoms. The summed E-state index contributed by atoms with van der Waals surface area (Å²) in [6.45, 7) is 7.00. The summed E-state index contributed by atoms with van der Waals surface area (Å²) in [6, 6.07) is 8.18. The van der Waals surface area contributed by atoms with Crippen molar-refractivity contribution in [1.82, 2.24) is 10.2 Å². The second kappa shape index (κ2) is 8.02. The van der Waals surface area contributed by atoms with E-state index >= 15 is 0 Å². The SMILES string of the molecule is CC(CCN(C)Cc1ccc(Cl)cc1)C1CCCNC1. The Hall–Kier alpha value is -0.570. The fraction of sp³-hybridized carbons (Fsp3) is 0.647. The molecule has 112 valence electrons. The molecule has 0 radical (unpaired) electrons. The molecule has 1 aromatic rings. The van der Waals surface area contributed by atoms with Crippen LogP contribution >= 0.6 is 11.6 Å². The minimum atomic E-state index is 0.815. The zero-order valence-corrected chi connectivity index (χ0v) is 13.5. The van der Waals surface area contributed by atoms with Crippen molar-refractivity contribution >= 4 is 11.6 Å². The number of hydrogen-bond acceptors (Lipinski definition) is 2. The fourth-order valence-electron chi connectivity index (χ4n) is 3.00. The lowest BCUT2D eigenvalue weighted by molar-refractivity contribution is 0.229. The first-order chi connectivity index (χ1) is 9.65. The van der Waals surface area contributed by atoms with Crippen LogP contribution in [0.2, 0.25) is 5.02 Å². The number of piperidine rings is 1. The van der Waals surface area contributed by atoms with Gasteiger partial charge in [-0.25, -0.2) is 0 Å². The van der Waals surface area contributed by atoms with E-state index in [9.17, 15) is 0 Å². The molecule has 0 bridgehead atoms. The van der Waals surface area contributed by atoms with E-state index in [1.54, 1.807) is 0 Å². The molecule has 1 saturated heterocycles. The third kappa shape index (κ3) is 5.08. The summed E-state index contributed by atoms with van der Waals surface area (Å²) in [5.41, 5.74) is 1.34. The van der Waals surface area contributed by atoms with E-state index in [0.717, 1.165) is 23.4 Å². The van der Waals surface area contributed by atoms with E-state index in [1.165, 1.54) is 44.5 Å². The molecule has 1 aliphatic heterocycles. The Morgan fingerprint density at radius 3 is 2.75 bits per heavy atom. The molecule has 2 rings (SSSR count). The van der Waals surface area contributed by atoms with E-state index in [-0.39, 0.29) is 0 Å². The van der Waals surface area contributed by atoms with Crippen LogP contribution in [0.5, 0.6) is 0 Å². The highest BCUT2D eigenvalue weighted by Crippen LogP contribution is 2.22. The first kappa shape index (κ1) is 15.8. The van der Waals surface area contributed by atoms with Gasteiger partial charge in [0, 0.05) is 11.6 Å². The Balaban J connectivity index is 1.71. The Kier molecular flexibility index (Phi) is 6.34. The zero-order valence-electron chi connectivity index (χ0n) is 12.7. The van der Waals surface area contributed by atoms with Crippen molar-refractivity contribution in [1.29, 1.82) is 0 Å². The highest BCUT2D eigenvalue weighted by atomic mass is 35.5. The molecule has 0 aromatic heterocycles. The Morgan fingerprint density at radius 1 is 1.35 bits per heavy atom. The number of nitrogens with zero attached hydrogens (tertiary/aromatic N) is 1. The summed E-state index contributed by atoms with van der Waals surface area (Å²) in [6.07, 6.45) is 4.03. The Bertz CT molecular complexity index is 384. The lowest BCUT2D eigenvalue weighted by Crippen LogP contribution is -2.34. The molecule has 2 unspecified atom stereocenters. The van der Waals surface area contributed by atoms with Crippen molar-refractivity contribution in [2.75, 3.05) is 26.7 Å². The summed E-state index contributed by atoms with van der Waals surface area (Å²) in [5, 5.41) is 4.34. The Morgan fingerprint density at radius 2 is 2.10 bits per heavy atom. The van der Waals surface area contributed by atoms with Crippen molar-refractivity contribution in [2.45, 2.75) is 32.7 Å². The molecule has 1 N–H and O–H groups in total. The van der Waals surface area contributed by atoms with Gasteiger partial charge in [-0.15, -0.1) is 0 Å². The van der Waals surface area contributed by atoms with Crippen LogP contribution in [0.15, 0.2) is 24.3 Å². The van der Waals surface area contributed by atoms with E-state index in [0.29, 0.717) is 0 Å². The molecule has 1 fully saturated rings. The summed E-state index contributed by atoms with van der Waals surface area (Å²) < 4.78 is 0. The predicted octanol–water partition coefficient (Wildman–Crippen LogP) is 3.80. The number of nitrogens with one attached hydrogen (secondary N) is 1. The van der Waals surface area contributed by atoms with E-state index in [2.05, 4.69) is 36.3 Å². The average molecular weight is 295 g/mol. The normalized spacial score (nSPS) is 21.1. The van der Waals surface area contributed by atoms with Crippen LogP contribution in [-0.4, -0.2) is 31.6 Å². The lowest BCUT2D eigenvalue weighted by atomic mass is 9.85. The van der Waals surface area contributed by atoms with Gasteiger partial charge in [0.1, 0.15) is 0 Å². The van der Waals surface area contributed by atoms with E-state index in [4.69, 9.17) is 11.6 Å². The van der Waals surface area contributed by atoms with Gasteiger partial charge in [-0.05, 0) is 75.5 Å². The van der Waals surface area contributed by atoms with Gasteiger partial charge >= 0.3 is 0 Å². The molecule has 1 heterocycles. The molecule has 2 nitrogen and oxygen atoms in total. The molecule has 1 aliphatic rings. The van der Waals surface area contributed by atoms with Gasteiger partial charge in [0.15, 0.2) is 0 Å². The van der Waals surface area contributed by atoms with Gasteiger partial charge in [0.2, 0.25) is 0 Å². The predicted molar refractivity (Wildman–Crippen MR) is 87.2 cm³/mol. The highest BCUT2D eigenvalue weighted by Gasteiger charge is 2.19. The van der Waals surface area contributed by atoms with E-state index < -0.39 is 0 Å². The van der Waals surface area contributed by atoms with Gasteiger partial charge in [-0.3, -0.25) is 0 Å². The van der Waals surface area contributed by atoms with Crippen LogP contribution in [0.1, 0.15) is 31.7 Å². The standard InChI is InChI=1S/C17H27ClN2/c1-14(16-4-3-10-19-12-16)9-11-20(2)13-15-5-7-17(18)8-6-15/h5-8,14,16,19H,3-4,9-13H2,1-2H3.